The molecular formula is C20H15ClN2O4. The summed E-state index contributed by atoms with van der Waals surface area (Å²) in [4.78, 5) is 16.0. The molecule has 2 aromatic carbocycles. The van der Waals surface area contributed by atoms with Gasteiger partial charge in [0.1, 0.15) is 11.3 Å². The highest BCUT2D eigenvalue weighted by Gasteiger charge is 2.13. The molecule has 0 spiro atoms. The van der Waals surface area contributed by atoms with Crippen LogP contribution in [0, 0.1) is 13.8 Å². The van der Waals surface area contributed by atoms with E-state index >= 15 is 0 Å². The van der Waals surface area contributed by atoms with Crippen LogP contribution < -0.4 is 10.4 Å². The van der Waals surface area contributed by atoms with Gasteiger partial charge in [-0.05, 0) is 55.8 Å². The van der Waals surface area contributed by atoms with Gasteiger partial charge in [-0.25, -0.2) is 4.79 Å². The third kappa shape index (κ3) is 3.44. The number of fused-ring (bicyclic) bond motifs is 1. The lowest BCUT2D eigenvalue weighted by atomic mass is 10.1. The zero-order valence-corrected chi connectivity index (χ0v) is 15.4. The second-order valence-electron chi connectivity index (χ2n) is 6.12. The lowest BCUT2D eigenvalue weighted by molar-refractivity contribution is 0.241. The van der Waals surface area contributed by atoms with Crippen molar-refractivity contribution in [2.75, 3.05) is 0 Å². The maximum Gasteiger partial charge on any atom is 0.336 e. The predicted molar refractivity (Wildman–Crippen MR) is 101 cm³/mol. The van der Waals surface area contributed by atoms with Gasteiger partial charge in [-0.1, -0.05) is 16.8 Å². The molecule has 27 heavy (non-hydrogen) atoms. The Labute approximate surface area is 159 Å². The van der Waals surface area contributed by atoms with Crippen LogP contribution in [0.1, 0.15) is 17.0 Å². The predicted octanol–water partition coefficient (Wildman–Crippen LogP) is 4.69. The van der Waals surface area contributed by atoms with Crippen molar-refractivity contribution in [2.24, 2.45) is 0 Å². The zero-order chi connectivity index (χ0) is 19.0. The Balaban J connectivity index is 1.56. The summed E-state index contributed by atoms with van der Waals surface area (Å²) in [5.74, 6) is 1.38. The van der Waals surface area contributed by atoms with E-state index < -0.39 is 0 Å². The molecule has 0 aliphatic heterocycles. The van der Waals surface area contributed by atoms with Gasteiger partial charge in [0.25, 0.3) is 5.89 Å². The molecule has 0 aliphatic carbocycles. The lowest BCUT2D eigenvalue weighted by Crippen LogP contribution is -2.01. The van der Waals surface area contributed by atoms with E-state index in [2.05, 4.69) is 10.1 Å². The zero-order valence-electron chi connectivity index (χ0n) is 14.7. The quantitative estimate of drug-likeness (QED) is 0.476. The van der Waals surface area contributed by atoms with E-state index in [1.807, 2.05) is 38.1 Å². The molecule has 0 unspecified atom stereocenters. The Hall–Kier alpha value is -3.12. The molecule has 2 aromatic heterocycles. The second-order valence-corrected chi connectivity index (χ2v) is 6.56. The van der Waals surface area contributed by atoms with Crippen molar-refractivity contribution >= 4 is 22.6 Å². The van der Waals surface area contributed by atoms with Crippen LogP contribution in [0.15, 0.2) is 56.2 Å². The number of aromatic nitrogens is 2. The van der Waals surface area contributed by atoms with E-state index in [-0.39, 0.29) is 12.2 Å². The minimum atomic E-state index is -0.384. The minimum Gasteiger partial charge on any atom is -0.483 e. The van der Waals surface area contributed by atoms with Crippen LogP contribution in [0.3, 0.4) is 0 Å². The maximum atomic E-state index is 11.7. The molecule has 6 nitrogen and oxygen atoms in total. The van der Waals surface area contributed by atoms with E-state index in [1.165, 1.54) is 6.07 Å². The normalized spacial score (nSPS) is 11.1. The summed E-state index contributed by atoms with van der Waals surface area (Å²) in [6.07, 6.45) is 0. The average Bonchev–Trinajstić information content (AvgIpc) is 3.11. The van der Waals surface area contributed by atoms with E-state index in [0.717, 1.165) is 22.1 Å². The van der Waals surface area contributed by atoms with Gasteiger partial charge in [0.05, 0.1) is 0 Å². The molecule has 0 saturated carbocycles. The average molecular weight is 383 g/mol. The molecule has 0 bridgehead atoms. The largest absolute Gasteiger partial charge is 0.483 e. The number of rotatable bonds is 4. The van der Waals surface area contributed by atoms with Crippen molar-refractivity contribution in [3.05, 3.63) is 74.9 Å². The smallest absolute Gasteiger partial charge is 0.336 e. The molecule has 7 heteroatoms. The van der Waals surface area contributed by atoms with Crippen LogP contribution in [0.2, 0.25) is 5.02 Å². The van der Waals surface area contributed by atoms with E-state index in [0.29, 0.717) is 28.1 Å². The standard InChI is InChI=1S/C20H15ClN2O4/c1-11-9-18(24)26-19-12(2)16(8-7-15(11)19)25-10-17-22-20(23-27-17)13-3-5-14(21)6-4-13/h3-9H,10H2,1-2H3. The van der Waals surface area contributed by atoms with E-state index in [4.69, 9.17) is 25.3 Å². The summed E-state index contributed by atoms with van der Waals surface area (Å²) in [7, 11) is 0. The van der Waals surface area contributed by atoms with Crippen LogP contribution in [-0.2, 0) is 6.61 Å². The number of aryl methyl sites for hydroxylation is 2. The summed E-state index contributed by atoms with van der Waals surface area (Å²) in [5.41, 5.74) is 2.54. The first kappa shape index (κ1) is 17.3. The SMILES string of the molecule is Cc1cc(=O)oc2c(C)c(OCc3nc(-c4ccc(Cl)cc4)no3)ccc12. The highest BCUT2D eigenvalue weighted by molar-refractivity contribution is 6.30. The molecule has 136 valence electrons. The molecule has 0 radical (unpaired) electrons. The summed E-state index contributed by atoms with van der Waals surface area (Å²) in [5, 5.41) is 5.47. The fourth-order valence-electron chi connectivity index (χ4n) is 2.83. The Morgan fingerprint density at radius 2 is 1.89 bits per heavy atom. The van der Waals surface area contributed by atoms with Crippen LogP contribution >= 0.6 is 11.6 Å². The highest BCUT2D eigenvalue weighted by Crippen LogP contribution is 2.28. The number of hydrogen-bond donors (Lipinski definition) is 0. The third-order valence-corrected chi connectivity index (χ3v) is 4.49. The molecule has 0 N–H and O–H groups in total. The Kier molecular flexibility index (Phi) is 4.41. The minimum absolute atomic E-state index is 0.100. The Bertz CT molecular complexity index is 1180. The Morgan fingerprint density at radius 1 is 1.11 bits per heavy atom. The summed E-state index contributed by atoms with van der Waals surface area (Å²) in [6.45, 7) is 3.81. The van der Waals surface area contributed by atoms with Gasteiger partial charge in [-0.15, -0.1) is 0 Å². The van der Waals surface area contributed by atoms with Crippen molar-refractivity contribution in [2.45, 2.75) is 20.5 Å². The molecular weight excluding hydrogens is 368 g/mol. The first-order valence-corrected chi connectivity index (χ1v) is 8.64. The van der Waals surface area contributed by atoms with Crippen molar-refractivity contribution in [1.29, 1.82) is 0 Å². The van der Waals surface area contributed by atoms with Crippen LogP contribution in [0.25, 0.3) is 22.4 Å². The first-order valence-electron chi connectivity index (χ1n) is 8.26. The highest BCUT2D eigenvalue weighted by atomic mass is 35.5. The number of nitrogens with zero attached hydrogens (tertiary/aromatic N) is 2. The van der Waals surface area contributed by atoms with Gasteiger partial charge in [-0.2, -0.15) is 4.98 Å². The van der Waals surface area contributed by atoms with E-state index in [9.17, 15) is 4.79 Å². The molecule has 4 aromatic rings. The van der Waals surface area contributed by atoms with Gasteiger partial charge < -0.3 is 13.7 Å². The number of ether oxygens (including phenoxy) is 1. The molecule has 2 heterocycles. The van der Waals surface area contributed by atoms with Crippen LogP contribution in [0.5, 0.6) is 5.75 Å². The van der Waals surface area contributed by atoms with Gasteiger partial charge in [0.15, 0.2) is 6.61 Å². The van der Waals surface area contributed by atoms with Crippen molar-refractivity contribution in [3.8, 4) is 17.1 Å². The maximum absolute atomic E-state index is 11.7. The summed E-state index contributed by atoms with van der Waals surface area (Å²) in [6, 6.07) is 12.3. The van der Waals surface area contributed by atoms with Crippen LogP contribution in [0.4, 0.5) is 0 Å². The van der Waals surface area contributed by atoms with Crippen LogP contribution in [-0.4, -0.2) is 10.1 Å². The van der Waals surface area contributed by atoms with Crippen molar-refractivity contribution in [1.82, 2.24) is 10.1 Å². The molecule has 0 saturated heterocycles. The molecule has 0 fully saturated rings. The first-order chi connectivity index (χ1) is 13.0. The van der Waals surface area contributed by atoms with Crippen molar-refractivity contribution in [3.63, 3.8) is 0 Å². The molecule has 0 atom stereocenters. The van der Waals surface area contributed by atoms with E-state index in [1.54, 1.807) is 12.1 Å². The second kappa shape index (κ2) is 6.89. The Morgan fingerprint density at radius 3 is 2.67 bits per heavy atom. The van der Waals surface area contributed by atoms with Gasteiger partial charge >= 0.3 is 5.63 Å². The fourth-order valence-corrected chi connectivity index (χ4v) is 2.95. The van der Waals surface area contributed by atoms with Gasteiger partial charge in [-0.3, -0.25) is 0 Å². The van der Waals surface area contributed by atoms with Gasteiger partial charge in [0.2, 0.25) is 5.82 Å². The molecule has 4 rings (SSSR count). The van der Waals surface area contributed by atoms with Gasteiger partial charge in [0, 0.05) is 27.6 Å². The number of benzene rings is 2. The topological polar surface area (TPSA) is 78.4 Å². The number of halogens is 1. The molecule has 0 amide bonds. The number of hydrogen-bond acceptors (Lipinski definition) is 6. The lowest BCUT2D eigenvalue weighted by Gasteiger charge is -2.09. The summed E-state index contributed by atoms with van der Waals surface area (Å²) >= 11 is 5.89. The monoisotopic (exact) mass is 382 g/mol. The van der Waals surface area contributed by atoms with Crippen molar-refractivity contribution < 1.29 is 13.7 Å². The fraction of sp³-hybridized carbons (Fsp3) is 0.150. The third-order valence-electron chi connectivity index (χ3n) is 4.24. The summed E-state index contributed by atoms with van der Waals surface area (Å²) < 4.78 is 16.4. The molecule has 0 aliphatic rings.